The van der Waals surface area contributed by atoms with E-state index in [9.17, 15) is 4.39 Å². The van der Waals surface area contributed by atoms with Gasteiger partial charge in [-0.15, -0.1) is 5.10 Å². The zero-order valence-electron chi connectivity index (χ0n) is 17.3. The van der Waals surface area contributed by atoms with Crippen molar-refractivity contribution in [1.29, 1.82) is 0 Å². The van der Waals surface area contributed by atoms with Crippen molar-refractivity contribution in [2.75, 3.05) is 50.9 Å². The normalized spacial score (nSPS) is 25.6. The van der Waals surface area contributed by atoms with Gasteiger partial charge < -0.3 is 23.5 Å². The van der Waals surface area contributed by atoms with Crippen molar-refractivity contribution < 1.29 is 27.6 Å². The van der Waals surface area contributed by atoms with Crippen molar-refractivity contribution in [3.8, 4) is 5.75 Å². The fourth-order valence-corrected chi connectivity index (χ4v) is 5.12. The first-order valence-corrected chi connectivity index (χ1v) is 11.0. The molecule has 0 amide bonds. The minimum atomic E-state index is -0.203. The monoisotopic (exact) mass is 429 g/mol. The van der Waals surface area contributed by atoms with Gasteiger partial charge in [-0.3, -0.25) is 0 Å². The van der Waals surface area contributed by atoms with Gasteiger partial charge in [-0.2, -0.15) is 0 Å². The van der Waals surface area contributed by atoms with Gasteiger partial charge in [0, 0.05) is 18.4 Å². The lowest BCUT2D eigenvalue weighted by molar-refractivity contribution is -0.540. The highest BCUT2D eigenvalue weighted by Crippen LogP contribution is 2.38. The van der Waals surface area contributed by atoms with Gasteiger partial charge in [0.25, 0.3) is 0 Å². The lowest BCUT2D eigenvalue weighted by Crippen LogP contribution is -2.62. The molecule has 0 atom stereocenters. The van der Waals surface area contributed by atoms with Crippen LogP contribution < -0.4 is 9.64 Å². The summed E-state index contributed by atoms with van der Waals surface area (Å²) in [6.45, 7) is 5.37. The highest BCUT2D eigenvalue weighted by molar-refractivity contribution is 5.84. The van der Waals surface area contributed by atoms with Gasteiger partial charge in [-0.05, 0) is 24.1 Å². The number of rotatable bonds is 4. The number of anilines is 1. The van der Waals surface area contributed by atoms with Crippen LogP contribution in [0.3, 0.4) is 0 Å². The maximum atomic E-state index is 14.0. The zero-order chi connectivity index (χ0) is 20.8. The number of hydrogen-bond donors (Lipinski definition) is 0. The van der Waals surface area contributed by atoms with E-state index in [0.717, 1.165) is 56.8 Å². The molecule has 8 nitrogen and oxygen atoms in total. The number of hydrogen-bond acceptors (Lipinski definition) is 7. The second-order valence-electron chi connectivity index (χ2n) is 9.01. The van der Waals surface area contributed by atoms with E-state index in [1.54, 1.807) is 12.1 Å². The topological polar surface area (TPSA) is 72.9 Å². The van der Waals surface area contributed by atoms with E-state index in [4.69, 9.17) is 18.6 Å². The summed E-state index contributed by atoms with van der Waals surface area (Å²) in [5.41, 5.74) is 2.23. The fraction of sp³-hybridized carbons (Fsp3) is 0.591. The molecule has 5 heterocycles. The van der Waals surface area contributed by atoms with E-state index in [0.29, 0.717) is 31.8 Å². The summed E-state index contributed by atoms with van der Waals surface area (Å²) in [4.78, 5) is 2.06. The fourth-order valence-electron chi connectivity index (χ4n) is 5.12. The molecule has 0 bridgehead atoms. The van der Waals surface area contributed by atoms with Crippen LogP contribution >= 0.6 is 0 Å². The van der Waals surface area contributed by atoms with Crippen LogP contribution in [0.4, 0.5) is 10.4 Å². The zero-order valence-corrected chi connectivity index (χ0v) is 17.3. The summed E-state index contributed by atoms with van der Waals surface area (Å²) in [5.74, 6) is 0.905. The van der Waals surface area contributed by atoms with Crippen molar-refractivity contribution in [3.05, 3.63) is 36.0 Å². The van der Waals surface area contributed by atoms with E-state index >= 15 is 0 Å². The molecule has 4 fully saturated rings. The van der Waals surface area contributed by atoms with Crippen molar-refractivity contribution in [2.45, 2.75) is 36.9 Å². The smallest absolute Gasteiger partial charge is 0.318 e. The highest BCUT2D eigenvalue weighted by Gasteiger charge is 2.52. The third-order valence-electron chi connectivity index (χ3n) is 6.90. The first-order valence-electron chi connectivity index (χ1n) is 11.0. The van der Waals surface area contributed by atoms with Crippen molar-refractivity contribution in [2.24, 2.45) is 0 Å². The van der Waals surface area contributed by atoms with E-state index < -0.39 is 0 Å². The Morgan fingerprint density at radius 1 is 1.19 bits per heavy atom. The van der Waals surface area contributed by atoms with Crippen LogP contribution in [-0.2, 0) is 9.47 Å². The minimum Gasteiger partial charge on any atom is -0.485 e. The number of aromatic nitrogens is 2. The Bertz CT molecular complexity index is 975. The van der Waals surface area contributed by atoms with Crippen LogP contribution in [0.25, 0.3) is 0 Å². The van der Waals surface area contributed by atoms with Crippen molar-refractivity contribution >= 4 is 11.7 Å². The molecule has 4 saturated heterocycles. The Morgan fingerprint density at radius 3 is 2.74 bits per heavy atom. The molecule has 0 aliphatic carbocycles. The first kappa shape index (κ1) is 19.2. The first-order chi connectivity index (χ1) is 15.2. The maximum Gasteiger partial charge on any atom is 0.318 e. The summed E-state index contributed by atoms with van der Waals surface area (Å²) < 4.78 is 39.2. The summed E-state index contributed by atoms with van der Waals surface area (Å²) in [6, 6.07) is 5.46. The Hall–Kier alpha value is -2.52. The average molecular weight is 429 g/mol. The summed E-state index contributed by atoms with van der Waals surface area (Å²) in [6.07, 6.45) is 4.34. The van der Waals surface area contributed by atoms with Gasteiger partial charge in [-0.25, -0.2) is 8.97 Å². The van der Waals surface area contributed by atoms with Crippen molar-refractivity contribution in [3.63, 3.8) is 0 Å². The molecule has 0 unspecified atom stereocenters. The quantitative estimate of drug-likeness (QED) is 0.689. The predicted molar refractivity (Wildman–Crippen MR) is 108 cm³/mol. The Kier molecular flexibility index (Phi) is 4.68. The molecule has 164 valence electrons. The third kappa shape index (κ3) is 3.59. The predicted octanol–water partition coefficient (Wildman–Crippen LogP) is 2.00. The molecule has 0 saturated carbocycles. The molecule has 31 heavy (non-hydrogen) atoms. The summed E-state index contributed by atoms with van der Waals surface area (Å²) in [7, 11) is 0. The van der Waals surface area contributed by atoms with E-state index in [2.05, 4.69) is 19.7 Å². The van der Waals surface area contributed by atoms with Gasteiger partial charge in [0.15, 0.2) is 5.71 Å². The standard InChI is InChI=1S/C22H26FN4O4/c23-16-1-2-20(31-18-10-28-11-18)19(7-16)15-3-5-26(6-4-15)17-8-22(30-9-17)12-27(13-22)21-25-24-14-29-21/h1-2,7,14-15,18H,3-6,8-13H2/q+1. The summed E-state index contributed by atoms with van der Waals surface area (Å²) in [5, 5.41) is 7.72. The maximum absolute atomic E-state index is 14.0. The lowest BCUT2D eigenvalue weighted by Gasteiger charge is -2.45. The second-order valence-corrected chi connectivity index (χ2v) is 9.01. The molecule has 9 heteroatoms. The van der Waals surface area contributed by atoms with Gasteiger partial charge in [-0.1, -0.05) is 5.10 Å². The summed E-state index contributed by atoms with van der Waals surface area (Å²) >= 11 is 0. The van der Waals surface area contributed by atoms with Gasteiger partial charge >= 0.3 is 6.01 Å². The van der Waals surface area contributed by atoms with Crippen LogP contribution in [0, 0.1) is 5.82 Å². The minimum absolute atomic E-state index is 0.0842. The Balaban J connectivity index is 1.10. The van der Waals surface area contributed by atoms with Gasteiger partial charge in [0.05, 0.1) is 32.7 Å². The lowest BCUT2D eigenvalue weighted by atomic mass is 9.88. The molecule has 1 aromatic heterocycles. The molecule has 0 N–H and O–H groups in total. The molecule has 1 aromatic carbocycles. The number of ether oxygens (including phenoxy) is 3. The van der Waals surface area contributed by atoms with Crippen LogP contribution in [0.5, 0.6) is 5.75 Å². The highest BCUT2D eigenvalue weighted by atomic mass is 19.1. The van der Waals surface area contributed by atoms with E-state index in [1.165, 1.54) is 18.2 Å². The van der Waals surface area contributed by atoms with Crippen LogP contribution in [0.2, 0.25) is 0 Å². The molecular weight excluding hydrogens is 403 g/mol. The molecule has 2 aromatic rings. The largest absolute Gasteiger partial charge is 0.485 e. The number of nitrogens with zero attached hydrogens (tertiary/aromatic N) is 4. The van der Waals surface area contributed by atoms with Gasteiger partial charge in [0.1, 0.15) is 43.0 Å². The van der Waals surface area contributed by atoms with Crippen LogP contribution in [0.15, 0.2) is 29.0 Å². The molecule has 1 spiro atoms. The number of piperidine rings is 1. The Morgan fingerprint density at radius 2 is 2.03 bits per heavy atom. The second kappa shape index (κ2) is 7.56. The molecule has 0 radical (unpaired) electrons. The SMILES string of the molecule is Fc1ccc(OC2COC2)c(C2CC[N+](=C3COC4(C3)CN(c3nnco3)C4)CC2)c1. The molecular formula is C22H26FN4O4+. The van der Waals surface area contributed by atoms with E-state index in [-0.39, 0.29) is 17.5 Å². The van der Waals surface area contributed by atoms with Gasteiger partial charge in [0.2, 0.25) is 6.39 Å². The number of benzene rings is 1. The Labute approximate surface area is 179 Å². The number of halogens is 1. The molecule has 4 aliphatic heterocycles. The molecule has 6 rings (SSSR count). The van der Waals surface area contributed by atoms with Crippen LogP contribution in [-0.4, -0.2) is 78.2 Å². The van der Waals surface area contributed by atoms with E-state index in [1.807, 2.05) is 0 Å². The van der Waals surface area contributed by atoms with Crippen LogP contribution in [0.1, 0.15) is 30.7 Å². The molecule has 4 aliphatic rings. The average Bonchev–Trinajstić information content (AvgIpc) is 3.41. The third-order valence-corrected chi connectivity index (χ3v) is 6.90. The van der Waals surface area contributed by atoms with Crippen molar-refractivity contribution in [1.82, 2.24) is 10.2 Å².